The van der Waals surface area contributed by atoms with Gasteiger partial charge in [0.2, 0.25) is 0 Å². The Morgan fingerprint density at radius 1 is 0.383 bits per heavy atom. The van der Waals surface area contributed by atoms with Crippen LogP contribution in [0.4, 0.5) is 0 Å². The fourth-order valence-corrected chi connectivity index (χ4v) is 7.34. The highest BCUT2D eigenvalue weighted by atomic mass is 14.9. The molecule has 0 saturated carbocycles. The average molecular weight is 601 g/mol. The molecule has 1 heterocycles. The first-order chi connectivity index (χ1) is 23.0. The van der Waals surface area contributed by atoms with Crippen LogP contribution in [0.1, 0.15) is 25.0 Å². The smallest absolute Gasteiger partial charge is 0.160 e. The fraction of sp³-hybridized carbons (Fsp3) is 0.0667. The van der Waals surface area contributed by atoms with Gasteiger partial charge in [0.05, 0.1) is 11.4 Å². The van der Waals surface area contributed by atoms with Crippen LogP contribution in [0.15, 0.2) is 158 Å². The second-order valence-electron chi connectivity index (χ2n) is 13.1. The molecule has 0 amide bonds. The minimum atomic E-state index is -0.124. The Morgan fingerprint density at radius 3 is 1.77 bits per heavy atom. The molecule has 2 heteroatoms. The summed E-state index contributed by atoms with van der Waals surface area (Å²) in [6.07, 6.45) is 0. The van der Waals surface area contributed by atoms with Crippen LogP contribution >= 0.6 is 0 Å². The lowest BCUT2D eigenvalue weighted by molar-refractivity contribution is 0.661. The van der Waals surface area contributed by atoms with Crippen molar-refractivity contribution in [3.63, 3.8) is 0 Å². The highest BCUT2D eigenvalue weighted by Crippen LogP contribution is 2.53. The first-order valence-electron chi connectivity index (χ1n) is 16.2. The zero-order valence-corrected chi connectivity index (χ0v) is 26.4. The van der Waals surface area contributed by atoms with E-state index in [1.165, 1.54) is 54.9 Å². The van der Waals surface area contributed by atoms with Crippen LogP contribution in [0.2, 0.25) is 0 Å². The maximum Gasteiger partial charge on any atom is 0.160 e. The number of benzene rings is 7. The molecule has 47 heavy (non-hydrogen) atoms. The van der Waals surface area contributed by atoms with Crippen molar-refractivity contribution in [1.82, 2.24) is 9.97 Å². The second kappa shape index (κ2) is 10.6. The number of hydrogen-bond acceptors (Lipinski definition) is 2. The van der Waals surface area contributed by atoms with Gasteiger partial charge in [-0.1, -0.05) is 147 Å². The van der Waals surface area contributed by atoms with Crippen LogP contribution < -0.4 is 0 Å². The van der Waals surface area contributed by atoms with Gasteiger partial charge in [0.15, 0.2) is 5.82 Å². The summed E-state index contributed by atoms with van der Waals surface area (Å²) >= 11 is 0. The summed E-state index contributed by atoms with van der Waals surface area (Å²) in [4.78, 5) is 10.4. The lowest BCUT2D eigenvalue weighted by Crippen LogP contribution is -2.14. The van der Waals surface area contributed by atoms with E-state index in [2.05, 4.69) is 153 Å². The molecule has 0 fully saturated rings. The average Bonchev–Trinajstić information content (AvgIpc) is 3.36. The fourth-order valence-electron chi connectivity index (χ4n) is 7.34. The Bertz CT molecular complexity index is 2470. The van der Waals surface area contributed by atoms with Crippen molar-refractivity contribution < 1.29 is 0 Å². The molecule has 0 spiro atoms. The van der Waals surface area contributed by atoms with Gasteiger partial charge in [0.25, 0.3) is 0 Å². The molecule has 0 unspecified atom stereocenters. The Labute approximate surface area is 275 Å². The van der Waals surface area contributed by atoms with E-state index in [0.29, 0.717) is 0 Å². The molecule has 8 aromatic rings. The van der Waals surface area contributed by atoms with Gasteiger partial charge in [-0.15, -0.1) is 0 Å². The Kier molecular flexibility index (Phi) is 6.20. The molecule has 0 radical (unpaired) electrons. The summed E-state index contributed by atoms with van der Waals surface area (Å²) in [5.41, 5.74) is 12.6. The molecule has 0 atom stereocenters. The molecule has 0 N–H and O–H groups in total. The summed E-state index contributed by atoms with van der Waals surface area (Å²) in [6, 6.07) is 56.5. The lowest BCUT2D eigenvalue weighted by Gasteiger charge is -2.22. The first-order valence-corrected chi connectivity index (χ1v) is 16.2. The maximum absolute atomic E-state index is 5.24. The van der Waals surface area contributed by atoms with Crippen molar-refractivity contribution in [3.8, 4) is 56.2 Å². The van der Waals surface area contributed by atoms with Gasteiger partial charge >= 0.3 is 0 Å². The van der Waals surface area contributed by atoms with Crippen LogP contribution in [-0.4, -0.2) is 9.97 Å². The van der Waals surface area contributed by atoms with Crippen molar-refractivity contribution in [2.45, 2.75) is 19.3 Å². The predicted molar refractivity (Wildman–Crippen MR) is 196 cm³/mol. The molecule has 222 valence electrons. The normalized spacial score (nSPS) is 13.1. The summed E-state index contributed by atoms with van der Waals surface area (Å²) in [7, 11) is 0. The minimum absolute atomic E-state index is 0.124. The van der Waals surface area contributed by atoms with Gasteiger partial charge in [-0.25, -0.2) is 9.97 Å². The Hall–Kier alpha value is -5.86. The van der Waals surface area contributed by atoms with E-state index in [9.17, 15) is 0 Å². The van der Waals surface area contributed by atoms with Gasteiger partial charge in [-0.05, 0) is 79.2 Å². The highest BCUT2D eigenvalue weighted by molar-refractivity contribution is 5.98. The largest absolute Gasteiger partial charge is 0.228 e. The van der Waals surface area contributed by atoms with Crippen LogP contribution in [0.3, 0.4) is 0 Å². The van der Waals surface area contributed by atoms with E-state index in [4.69, 9.17) is 9.97 Å². The molecule has 1 aromatic heterocycles. The Balaban J connectivity index is 1.21. The van der Waals surface area contributed by atoms with E-state index in [-0.39, 0.29) is 5.41 Å². The van der Waals surface area contributed by atoms with Gasteiger partial charge in [0.1, 0.15) is 0 Å². The van der Waals surface area contributed by atoms with E-state index in [1.807, 2.05) is 18.2 Å². The van der Waals surface area contributed by atoms with Crippen LogP contribution in [0.5, 0.6) is 0 Å². The monoisotopic (exact) mass is 600 g/mol. The van der Waals surface area contributed by atoms with Crippen molar-refractivity contribution in [2.24, 2.45) is 0 Å². The summed E-state index contributed by atoms with van der Waals surface area (Å²) in [5.74, 6) is 0.727. The van der Waals surface area contributed by atoms with Crippen LogP contribution in [-0.2, 0) is 5.41 Å². The van der Waals surface area contributed by atoms with Crippen molar-refractivity contribution in [1.29, 1.82) is 0 Å². The summed E-state index contributed by atoms with van der Waals surface area (Å²) in [5, 5.41) is 5.03. The summed E-state index contributed by atoms with van der Waals surface area (Å²) < 4.78 is 0. The second-order valence-corrected chi connectivity index (χ2v) is 13.1. The number of hydrogen-bond donors (Lipinski definition) is 0. The zero-order valence-electron chi connectivity index (χ0n) is 26.4. The third kappa shape index (κ3) is 4.56. The molecule has 0 aliphatic heterocycles. The Morgan fingerprint density at radius 2 is 1.00 bits per heavy atom. The first kappa shape index (κ1) is 27.5. The molecule has 2 nitrogen and oxygen atoms in total. The highest BCUT2D eigenvalue weighted by Gasteiger charge is 2.37. The quantitative estimate of drug-likeness (QED) is 0.201. The van der Waals surface area contributed by atoms with Crippen molar-refractivity contribution >= 4 is 21.5 Å². The van der Waals surface area contributed by atoms with Crippen molar-refractivity contribution in [2.75, 3.05) is 0 Å². The standard InChI is InChI=1S/C45H32N2/c1-45(2)39-18-10-17-37(43(39)38-26-34-15-8-9-16-35(34)27-40(38)45)42-28-41(46-44(47-42)32-12-4-3-5-13-32)31-22-19-30(20-23-31)36-24-21-29-11-6-7-14-33(29)25-36/h3-28H,1-2H3. The number of fused-ring (bicyclic) bond motifs is 5. The van der Waals surface area contributed by atoms with E-state index in [0.717, 1.165) is 33.9 Å². The molecule has 1 aliphatic rings. The summed E-state index contributed by atoms with van der Waals surface area (Å²) in [6.45, 7) is 4.68. The molecule has 1 aliphatic carbocycles. The SMILES string of the molecule is CC1(C)c2cc3ccccc3cc2-c2c(-c3cc(-c4ccc(-c5ccc6ccccc6c5)cc4)nc(-c4ccccc4)n3)cccc21. The van der Waals surface area contributed by atoms with Crippen LogP contribution in [0.25, 0.3) is 77.7 Å². The molecule has 7 aromatic carbocycles. The molecule has 0 saturated heterocycles. The van der Waals surface area contributed by atoms with E-state index < -0.39 is 0 Å². The minimum Gasteiger partial charge on any atom is -0.228 e. The van der Waals surface area contributed by atoms with Gasteiger partial charge in [-0.3, -0.25) is 0 Å². The number of aromatic nitrogens is 2. The third-order valence-corrected chi connectivity index (χ3v) is 9.86. The topological polar surface area (TPSA) is 25.8 Å². The maximum atomic E-state index is 5.24. The van der Waals surface area contributed by atoms with E-state index in [1.54, 1.807) is 0 Å². The third-order valence-electron chi connectivity index (χ3n) is 9.86. The zero-order chi connectivity index (χ0) is 31.5. The predicted octanol–water partition coefficient (Wildman–Crippen LogP) is 11.8. The van der Waals surface area contributed by atoms with Crippen molar-refractivity contribution in [3.05, 3.63) is 169 Å². The lowest BCUT2D eigenvalue weighted by atomic mass is 9.81. The van der Waals surface area contributed by atoms with Gasteiger partial charge < -0.3 is 0 Å². The number of nitrogens with zero attached hydrogens (tertiary/aromatic N) is 2. The van der Waals surface area contributed by atoms with Gasteiger partial charge in [-0.2, -0.15) is 0 Å². The molecular formula is C45H32N2. The molecular weight excluding hydrogens is 569 g/mol. The number of rotatable bonds is 4. The van der Waals surface area contributed by atoms with Gasteiger partial charge in [0, 0.05) is 22.1 Å². The van der Waals surface area contributed by atoms with E-state index >= 15 is 0 Å². The molecule has 0 bridgehead atoms. The molecule has 9 rings (SSSR count). The van der Waals surface area contributed by atoms with Crippen LogP contribution in [0, 0.1) is 0 Å².